The molecule has 20 heavy (non-hydrogen) atoms. The molecule has 6 nitrogen and oxygen atoms in total. The highest BCUT2D eigenvalue weighted by molar-refractivity contribution is 5.98. The second-order valence-electron chi connectivity index (χ2n) is 4.70. The van der Waals surface area contributed by atoms with Crippen LogP contribution in [0.5, 0.6) is 0 Å². The SMILES string of the molecule is COC(=O)c1cccc(NCC(=O)N2CCCC2)c1N. The normalized spacial score (nSPS) is 14.2. The number of amides is 1. The summed E-state index contributed by atoms with van der Waals surface area (Å²) in [5, 5.41) is 2.98. The van der Waals surface area contributed by atoms with Gasteiger partial charge in [0.2, 0.25) is 5.91 Å². The summed E-state index contributed by atoms with van der Waals surface area (Å²) in [6, 6.07) is 5.03. The minimum Gasteiger partial charge on any atom is -0.465 e. The molecular formula is C14H19N3O3. The van der Waals surface area contributed by atoms with E-state index in [2.05, 4.69) is 10.1 Å². The maximum atomic E-state index is 11.9. The first-order valence-electron chi connectivity index (χ1n) is 6.62. The molecule has 3 N–H and O–H groups in total. The van der Waals surface area contributed by atoms with E-state index in [0.29, 0.717) is 16.9 Å². The van der Waals surface area contributed by atoms with Gasteiger partial charge in [0.1, 0.15) is 0 Å². The van der Waals surface area contributed by atoms with Crippen LogP contribution >= 0.6 is 0 Å². The zero-order valence-electron chi connectivity index (χ0n) is 11.5. The molecule has 1 aromatic carbocycles. The van der Waals surface area contributed by atoms with Crippen molar-refractivity contribution in [2.45, 2.75) is 12.8 Å². The van der Waals surface area contributed by atoms with Crippen LogP contribution in [0, 0.1) is 0 Å². The van der Waals surface area contributed by atoms with Gasteiger partial charge in [0, 0.05) is 13.1 Å². The minimum atomic E-state index is -0.489. The van der Waals surface area contributed by atoms with Gasteiger partial charge in [-0.25, -0.2) is 4.79 Å². The van der Waals surface area contributed by atoms with E-state index in [9.17, 15) is 9.59 Å². The maximum Gasteiger partial charge on any atom is 0.340 e. The molecule has 1 heterocycles. The van der Waals surface area contributed by atoms with Crippen LogP contribution in [0.1, 0.15) is 23.2 Å². The van der Waals surface area contributed by atoms with Gasteiger partial charge in [0.25, 0.3) is 0 Å². The van der Waals surface area contributed by atoms with Crippen LogP contribution in [0.2, 0.25) is 0 Å². The Labute approximate surface area is 117 Å². The van der Waals surface area contributed by atoms with E-state index in [1.165, 1.54) is 7.11 Å². The first kappa shape index (κ1) is 14.2. The van der Waals surface area contributed by atoms with Crippen molar-refractivity contribution in [3.8, 4) is 0 Å². The van der Waals surface area contributed by atoms with Crippen molar-refractivity contribution in [1.29, 1.82) is 0 Å². The van der Waals surface area contributed by atoms with Crippen molar-refractivity contribution >= 4 is 23.3 Å². The molecule has 1 saturated heterocycles. The summed E-state index contributed by atoms with van der Waals surface area (Å²) < 4.78 is 4.66. The Morgan fingerprint density at radius 3 is 2.70 bits per heavy atom. The number of ether oxygens (including phenoxy) is 1. The topological polar surface area (TPSA) is 84.7 Å². The molecule has 1 aromatic rings. The number of likely N-dealkylation sites (tertiary alicyclic amines) is 1. The highest BCUT2D eigenvalue weighted by Gasteiger charge is 2.18. The van der Waals surface area contributed by atoms with Crippen molar-refractivity contribution in [2.24, 2.45) is 0 Å². The molecule has 0 saturated carbocycles. The van der Waals surface area contributed by atoms with E-state index in [1.807, 2.05) is 4.90 Å². The summed E-state index contributed by atoms with van der Waals surface area (Å²) >= 11 is 0. The zero-order valence-corrected chi connectivity index (χ0v) is 11.5. The number of anilines is 2. The smallest absolute Gasteiger partial charge is 0.340 e. The quantitative estimate of drug-likeness (QED) is 0.635. The molecule has 0 unspecified atom stereocenters. The third-order valence-electron chi connectivity index (χ3n) is 3.40. The average Bonchev–Trinajstić information content (AvgIpc) is 2.99. The molecule has 6 heteroatoms. The van der Waals surface area contributed by atoms with Gasteiger partial charge in [-0.1, -0.05) is 6.07 Å². The Kier molecular flexibility index (Phi) is 4.45. The fourth-order valence-electron chi connectivity index (χ4n) is 2.26. The number of nitrogens with two attached hydrogens (primary N) is 1. The molecule has 1 fully saturated rings. The largest absolute Gasteiger partial charge is 0.465 e. The Hall–Kier alpha value is -2.24. The summed E-state index contributed by atoms with van der Waals surface area (Å²) in [5.41, 5.74) is 7.08. The lowest BCUT2D eigenvalue weighted by atomic mass is 10.1. The van der Waals surface area contributed by atoms with Crippen LogP contribution in [0.4, 0.5) is 11.4 Å². The Bertz CT molecular complexity index is 510. The van der Waals surface area contributed by atoms with Crippen LogP contribution in [-0.4, -0.2) is 43.5 Å². The lowest BCUT2D eigenvalue weighted by molar-refractivity contribution is -0.128. The predicted molar refractivity (Wildman–Crippen MR) is 76.5 cm³/mol. The lowest BCUT2D eigenvalue weighted by Gasteiger charge is -2.17. The van der Waals surface area contributed by atoms with E-state index in [-0.39, 0.29) is 12.5 Å². The van der Waals surface area contributed by atoms with Crippen LogP contribution in [-0.2, 0) is 9.53 Å². The van der Waals surface area contributed by atoms with E-state index >= 15 is 0 Å². The summed E-state index contributed by atoms with van der Waals surface area (Å²) in [6.07, 6.45) is 2.12. The Morgan fingerprint density at radius 1 is 1.35 bits per heavy atom. The molecule has 0 aliphatic carbocycles. The lowest BCUT2D eigenvalue weighted by Crippen LogP contribution is -2.33. The molecule has 108 valence electrons. The van der Waals surface area contributed by atoms with Gasteiger partial charge in [-0.05, 0) is 25.0 Å². The molecule has 0 radical (unpaired) electrons. The van der Waals surface area contributed by atoms with Crippen LogP contribution < -0.4 is 11.1 Å². The van der Waals surface area contributed by atoms with Crippen molar-refractivity contribution in [1.82, 2.24) is 4.90 Å². The number of benzene rings is 1. The highest BCUT2D eigenvalue weighted by Crippen LogP contribution is 2.23. The van der Waals surface area contributed by atoms with E-state index in [1.54, 1.807) is 18.2 Å². The first-order chi connectivity index (χ1) is 9.63. The van der Waals surface area contributed by atoms with E-state index in [0.717, 1.165) is 25.9 Å². The predicted octanol–water partition coefficient (Wildman–Crippen LogP) is 1.09. The average molecular weight is 277 g/mol. The van der Waals surface area contributed by atoms with Crippen LogP contribution in [0.3, 0.4) is 0 Å². The number of para-hydroxylation sites is 1. The number of nitrogens with zero attached hydrogens (tertiary/aromatic N) is 1. The molecule has 0 atom stereocenters. The number of nitrogens with one attached hydrogen (secondary N) is 1. The molecule has 0 spiro atoms. The number of carbonyl (C=O) groups is 2. The molecule has 0 aromatic heterocycles. The second-order valence-corrected chi connectivity index (χ2v) is 4.70. The molecule has 1 aliphatic heterocycles. The van der Waals surface area contributed by atoms with Gasteiger partial charge < -0.3 is 20.7 Å². The van der Waals surface area contributed by atoms with Gasteiger partial charge in [-0.15, -0.1) is 0 Å². The molecule has 2 rings (SSSR count). The van der Waals surface area contributed by atoms with Crippen molar-refractivity contribution in [3.63, 3.8) is 0 Å². The Balaban J connectivity index is 2.02. The zero-order chi connectivity index (χ0) is 14.5. The number of hydrogen-bond acceptors (Lipinski definition) is 5. The van der Waals surface area contributed by atoms with E-state index < -0.39 is 5.97 Å². The van der Waals surface area contributed by atoms with Gasteiger partial charge in [-0.2, -0.15) is 0 Å². The first-order valence-corrected chi connectivity index (χ1v) is 6.62. The standard InChI is InChI=1S/C14H19N3O3/c1-20-14(19)10-5-4-6-11(13(10)15)16-9-12(18)17-7-2-3-8-17/h4-6,16H,2-3,7-9,15H2,1H3. The van der Waals surface area contributed by atoms with Crippen molar-refractivity contribution in [3.05, 3.63) is 23.8 Å². The molecule has 1 amide bonds. The monoisotopic (exact) mass is 277 g/mol. The van der Waals surface area contributed by atoms with Crippen LogP contribution in [0.15, 0.2) is 18.2 Å². The summed E-state index contributed by atoms with van der Waals surface area (Å²) in [7, 11) is 1.30. The van der Waals surface area contributed by atoms with E-state index in [4.69, 9.17) is 5.73 Å². The Morgan fingerprint density at radius 2 is 2.05 bits per heavy atom. The van der Waals surface area contributed by atoms with Gasteiger partial charge in [0.15, 0.2) is 0 Å². The van der Waals surface area contributed by atoms with Crippen molar-refractivity contribution in [2.75, 3.05) is 37.8 Å². The number of nitrogen functional groups attached to an aromatic ring is 1. The number of hydrogen-bond donors (Lipinski definition) is 2. The fourth-order valence-corrected chi connectivity index (χ4v) is 2.26. The second kappa shape index (κ2) is 6.27. The molecular weight excluding hydrogens is 258 g/mol. The minimum absolute atomic E-state index is 0.0466. The van der Waals surface area contributed by atoms with Crippen LogP contribution in [0.25, 0.3) is 0 Å². The number of rotatable bonds is 4. The summed E-state index contributed by atoms with van der Waals surface area (Å²) in [5.74, 6) is -0.442. The summed E-state index contributed by atoms with van der Waals surface area (Å²) in [4.78, 5) is 25.3. The molecule has 1 aliphatic rings. The number of carbonyl (C=O) groups excluding carboxylic acids is 2. The number of methoxy groups -OCH3 is 1. The third-order valence-corrected chi connectivity index (χ3v) is 3.40. The highest BCUT2D eigenvalue weighted by atomic mass is 16.5. The van der Waals surface area contributed by atoms with Gasteiger partial charge in [-0.3, -0.25) is 4.79 Å². The van der Waals surface area contributed by atoms with Gasteiger partial charge in [0.05, 0.1) is 30.6 Å². The molecule has 0 bridgehead atoms. The third kappa shape index (κ3) is 3.01. The number of esters is 1. The van der Waals surface area contributed by atoms with Crippen molar-refractivity contribution < 1.29 is 14.3 Å². The summed E-state index contributed by atoms with van der Waals surface area (Å²) in [6.45, 7) is 1.81. The van der Waals surface area contributed by atoms with Gasteiger partial charge >= 0.3 is 5.97 Å². The maximum absolute atomic E-state index is 11.9. The fraction of sp³-hybridized carbons (Fsp3) is 0.429.